The minimum atomic E-state index is -3.76. The van der Waals surface area contributed by atoms with Crippen LogP contribution in [0.3, 0.4) is 0 Å². The summed E-state index contributed by atoms with van der Waals surface area (Å²) < 4.78 is 52.7. The number of benzene rings is 1. The lowest BCUT2D eigenvalue weighted by atomic mass is 10.1. The zero-order valence-corrected chi connectivity index (χ0v) is 21.0. The van der Waals surface area contributed by atoms with Crippen molar-refractivity contribution in [3.8, 4) is 28.6 Å². The number of hydrogen-bond donors (Lipinski definition) is 0. The molecule has 0 saturated carbocycles. The fraction of sp³-hybridized carbons (Fsp3) is 0.292. The molecule has 4 rings (SSSR count). The van der Waals surface area contributed by atoms with Crippen molar-refractivity contribution in [3.05, 3.63) is 72.1 Å². The van der Waals surface area contributed by atoms with Crippen LogP contribution in [0.15, 0.2) is 49.1 Å². The van der Waals surface area contributed by atoms with Crippen molar-refractivity contribution in [1.82, 2.24) is 29.7 Å². The zero-order valence-electron chi connectivity index (χ0n) is 20.2. The Balaban J connectivity index is 1.82. The number of hydrogen-bond acceptors (Lipinski definition) is 9. The van der Waals surface area contributed by atoms with Gasteiger partial charge in [0, 0.05) is 24.4 Å². The summed E-state index contributed by atoms with van der Waals surface area (Å²) in [5.41, 5.74) is 2.02. The summed E-state index contributed by atoms with van der Waals surface area (Å²) in [4.78, 5) is 12.0. The third-order valence-electron chi connectivity index (χ3n) is 5.72. The average molecular weight is 513 g/mol. The Kier molecular flexibility index (Phi) is 7.25. The van der Waals surface area contributed by atoms with Crippen molar-refractivity contribution in [1.29, 1.82) is 0 Å². The van der Waals surface area contributed by atoms with Crippen molar-refractivity contribution in [2.75, 3.05) is 14.2 Å². The summed E-state index contributed by atoms with van der Waals surface area (Å²) >= 11 is 0. The van der Waals surface area contributed by atoms with E-state index in [0.717, 1.165) is 18.0 Å². The minimum Gasteiger partial charge on any atom is -0.494 e. The van der Waals surface area contributed by atoms with Gasteiger partial charge in [-0.15, -0.1) is 10.2 Å². The summed E-state index contributed by atoms with van der Waals surface area (Å²) in [6, 6.07) is 7.08. The Hall–Kier alpha value is -3.93. The molecule has 36 heavy (non-hydrogen) atoms. The van der Waals surface area contributed by atoms with E-state index in [0.29, 0.717) is 28.6 Å². The van der Waals surface area contributed by atoms with Gasteiger partial charge in [0.05, 0.1) is 31.9 Å². The van der Waals surface area contributed by atoms with Crippen LogP contribution in [-0.4, -0.2) is 57.6 Å². The molecule has 0 amide bonds. The fourth-order valence-electron chi connectivity index (χ4n) is 3.72. The predicted octanol–water partition coefficient (Wildman–Crippen LogP) is 3.13. The van der Waals surface area contributed by atoms with Crippen molar-refractivity contribution in [2.45, 2.75) is 31.3 Å². The third-order valence-corrected chi connectivity index (χ3v) is 7.78. The number of pyridine rings is 1. The number of rotatable bonds is 9. The highest BCUT2D eigenvalue weighted by Crippen LogP contribution is 2.37. The summed E-state index contributed by atoms with van der Waals surface area (Å²) in [6.45, 7) is 3.45. The van der Waals surface area contributed by atoms with Crippen LogP contribution in [0.2, 0.25) is 0 Å². The van der Waals surface area contributed by atoms with Gasteiger partial charge in [-0.25, -0.2) is 22.8 Å². The fourth-order valence-corrected chi connectivity index (χ4v) is 4.95. The average Bonchev–Trinajstić information content (AvgIpc) is 3.26. The molecule has 0 bridgehead atoms. The first-order chi connectivity index (χ1) is 17.2. The van der Waals surface area contributed by atoms with Gasteiger partial charge in [0.25, 0.3) is 0 Å². The Morgan fingerprint density at radius 2 is 1.69 bits per heavy atom. The molecule has 0 unspecified atom stereocenters. The molecule has 0 saturated heterocycles. The Morgan fingerprint density at radius 3 is 2.31 bits per heavy atom. The van der Waals surface area contributed by atoms with Gasteiger partial charge in [-0.2, -0.15) is 0 Å². The number of methoxy groups -OCH3 is 2. The highest BCUT2D eigenvalue weighted by atomic mass is 32.2. The smallest absolute Gasteiger partial charge is 0.170 e. The Bertz CT molecular complexity index is 1450. The molecule has 4 aromatic rings. The van der Waals surface area contributed by atoms with Crippen LogP contribution < -0.4 is 9.47 Å². The molecule has 0 N–H and O–H groups in total. The lowest BCUT2D eigenvalue weighted by Crippen LogP contribution is -2.24. The molecule has 188 valence electrons. The second kappa shape index (κ2) is 10.4. The monoisotopic (exact) mass is 512 g/mol. The topological polar surface area (TPSA) is 122 Å². The standard InChI is InChI=1S/C24H25FN6O4S/c1-15-8-9-26-13-18(15)24-30-29-22(31(24)23-19(34-3)6-5-7-20(23)35-4)14-36(32,33)16(2)10-21-27-11-17(25)12-28-21/h5-9,11-13,16H,10,14H2,1-4H3/t16-/m0/s1. The molecule has 1 atom stereocenters. The van der Waals surface area contributed by atoms with Crippen LogP contribution in [0.5, 0.6) is 11.5 Å². The van der Waals surface area contributed by atoms with Crippen molar-refractivity contribution < 1.29 is 22.3 Å². The molecule has 12 heteroatoms. The number of ether oxygens (including phenoxy) is 2. The predicted molar refractivity (Wildman–Crippen MR) is 130 cm³/mol. The van der Waals surface area contributed by atoms with Crippen LogP contribution in [-0.2, 0) is 22.0 Å². The second-order valence-corrected chi connectivity index (χ2v) is 10.5. The maximum Gasteiger partial charge on any atom is 0.170 e. The third kappa shape index (κ3) is 5.03. The second-order valence-electron chi connectivity index (χ2n) is 8.12. The Labute approximate surface area is 208 Å². The van der Waals surface area contributed by atoms with E-state index in [1.54, 1.807) is 42.1 Å². The Morgan fingerprint density at radius 1 is 1.03 bits per heavy atom. The van der Waals surface area contributed by atoms with E-state index in [9.17, 15) is 12.8 Å². The molecule has 0 radical (unpaired) electrons. The number of para-hydroxylation sites is 1. The summed E-state index contributed by atoms with van der Waals surface area (Å²) in [7, 11) is -0.739. The van der Waals surface area contributed by atoms with E-state index in [1.807, 2.05) is 13.0 Å². The van der Waals surface area contributed by atoms with E-state index >= 15 is 0 Å². The number of nitrogens with zero attached hydrogens (tertiary/aromatic N) is 6. The van der Waals surface area contributed by atoms with E-state index in [1.165, 1.54) is 14.2 Å². The maximum absolute atomic E-state index is 13.4. The van der Waals surface area contributed by atoms with E-state index in [4.69, 9.17) is 9.47 Å². The minimum absolute atomic E-state index is 0.0172. The van der Waals surface area contributed by atoms with Gasteiger partial charge in [0.15, 0.2) is 27.3 Å². The molecule has 0 spiro atoms. The lowest BCUT2D eigenvalue weighted by molar-refractivity contribution is 0.390. The van der Waals surface area contributed by atoms with Crippen LogP contribution in [0.25, 0.3) is 17.1 Å². The van der Waals surface area contributed by atoms with Gasteiger partial charge >= 0.3 is 0 Å². The maximum atomic E-state index is 13.4. The van der Waals surface area contributed by atoms with Crippen molar-refractivity contribution >= 4 is 9.84 Å². The first-order valence-corrected chi connectivity index (χ1v) is 12.7. The quantitative estimate of drug-likeness (QED) is 0.333. The SMILES string of the molecule is COc1cccc(OC)c1-n1c(CS(=O)(=O)[C@@H](C)Cc2ncc(F)cn2)nnc1-c1cnccc1C. The van der Waals surface area contributed by atoms with Gasteiger partial charge in [-0.1, -0.05) is 6.07 Å². The van der Waals surface area contributed by atoms with E-state index < -0.39 is 26.7 Å². The lowest BCUT2D eigenvalue weighted by Gasteiger charge is -2.18. The highest BCUT2D eigenvalue weighted by molar-refractivity contribution is 7.91. The first-order valence-electron chi connectivity index (χ1n) is 11.0. The molecule has 3 heterocycles. The molecule has 0 fully saturated rings. The van der Waals surface area contributed by atoms with Crippen molar-refractivity contribution in [3.63, 3.8) is 0 Å². The highest BCUT2D eigenvalue weighted by Gasteiger charge is 2.29. The van der Waals surface area contributed by atoms with Gasteiger partial charge in [0.1, 0.15) is 28.8 Å². The molecule has 10 nitrogen and oxygen atoms in total. The number of aromatic nitrogens is 6. The van der Waals surface area contributed by atoms with E-state index in [-0.39, 0.29) is 18.1 Å². The number of sulfone groups is 1. The van der Waals surface area contributed by atoms with Gasteiger partial charge in [0.2, 0.25) is 0 Å². The van der Waals surface area contributed by atoms with Gasteiger partial charge in [-0.3, -0.25) is 9.55 Å². The van der Waals surface area contributed by atoms with Crippen molar-refractivity contribution in [2.24, 2.45) is 0 Å². The van der Waals surface area contributed by atoms with E-state index in [2.05, 4.69) is 25.1 Å². The first kappa shape index (κ1) is 25.2. The van der Waals surface area contributed by atoms with Crippen LogP contribution in [0, 0.1) is 12.7 Å². The summed E-state index contributed by atoms with van der Waals surface area (Å²) in [5, 5.41) is 7.74. The zero-order chi connectivity index (χ0) is 25.9. The molecular formula is C24H25FN6O4S. The molecule has 0 aliphatic rings. The molecule has 0 aliphatic carbocycles. The van der Waals surface area contributed by atoms with Crippen LogP contribution in [0.4, 0.5) is 4.39 Å². The largest absolute Gasteiger partial charge is 0.494 e. The summed E-state index contributed by atoms with van der Waals surface area (Å²) in [5.74, 6) is 0.666. The van der Waals surface area contributed by atoms with Crippen LogP contribution >= 0.6 is 0 Å². The number of halogens is 1. The summed E-state index contributed by atoms with van der Waals surface area (Å²) in [6.07, 6.45) is 5.34. The molecular weight excluding hydrogens is 487 g/mol. The normalized spacial score (nSPS) is 12.4. The molecule has 0 aliphatic heterocycles. The van der Waals surface area contributed by atoms with Gasteiger partial charge < -0.3 is 9.47 Å². The van der Waals surface area contributed by atoms with Crippen LogP contribution in [0.1, 0.15) is 24.1 Å². The number of aryl methyl sites for hydroxylation is 1. The molecule has 1 aromatic carbocycles. The van der Waals surface area contributed by atoms with Gasteiger partial charge in [-0.05, 0) is 37.6 Å². The molecule has 3 aromatic heterocycles.